The minimum Gasteiger partial charge on any atom is -0.259 e. The third kappa shape index (κ3) is 2.51. The first-order chi connectivity index (χ1) is 9.56. The normalized spacial score (nSPS) is 17.6. The Morgan fingerprint density at radius 1 is 1.20 bits per heavy atom. The van der Waals surface area contributed by atoms with Crippen LogP contribution in [0.1, 0.15) is 42.1 Å². The molecule has 0 saturated carbocycles. The zero-order chi connectivity index (χ0) is 14.3. The van der Waals surface area contributed by atoms with Crippen LogP contribution in [0.2, 0.25) is 5.02 Å². The maximum absolute atomic E-state index is 6.17. The van der Waals surface area contributed by atoms with Crippen molar-refractivity contribution in [2.45, 2.75) is 32.6 Å². The van der Waals surface area contributed by atoms with E-state index in [1.54, 1.807) is 0 Å². The summed E-state index contributed by atoms with van der Waals surface area (Å²) in [6.07, 6.45) is 3.97. The number of rotatable bonds is 1. The fourth-order valence-electron chi connectivity index (χ4n) is 3.16. The topological polar surface area (TPSA) is 12.9 Å². The van der Waals surface area contributed by atoms with E-state index in [4.69, 9.17) is 16.6 Å². The highest BCUT2D eigenvalue weighted by Gasteiger charge is 2.27. The molecule has 1 nitrogen and oxygen atoms in total. The number of halogens is 2. The average molecular weight is 351 g/mol. The highest BCUT2D eigenvalue weighted by atomic mass is 79.9. The Morgan fingerprint density at radius 3 is 2.70 bits per heavy atom. The Balaban J connectivity index is 2.21. The lowest BCUT2D eigenvalue weighted by Crippen LogP contribution is -2.12. The second-order valence-corrected chi connectivity index (χ2v) is 7.11. The van der Waals surface area contributed by atoms with E-state index in [0.29, 0.717) is 11.8 Å². The first kappa shape index (κ1) is 14.1. The third-order valence-electron chi connectivity index (χ3n) is 4.03. The molecule has 1 atom stereocenters. The summed E-state index contributed by atoms with van der Waals surface area (Å²) in [6, 6.07) is 8.51. The second kappa shape index (κ2) is 5.50. The fraction of sp³-hybridized carbons (Fsp3) is 0.353. The smallest absolute Gasteiger partial charge is 0.0513 e. The molecule has 0 amide bonds. The van der Waals surface area contributed by atoms with Crippen molar-refractivity contribution >= 4 is 27.5 Å². The maximum atomic E-state index is 6.17. The molecule has 0 saturated heterocycles. The van der Waals surface area contributed by atoms with Gasteiger partial charge in [0.1, 0.15) is 0 Å². The van der Waals surface area contributed by atoms with Gasteiger partial charge in [-0.15, -0.1) is 0 Å². The Kier molecular flexibility index (Phi) is 3.87. The Morgan fingerprint density at radius 2 is 1.95 bits per heavy atom. The van der Waals surface area contributed by atoms with Gasteiger partial charge in [-0.05, 0) is 69.6 Å². The number of benzene rings is 1. The standard InChI is InChI=1S/C17H17BrClN/c1-10(2)16-15-6-5-14(19)8-11(15)3-4-12-7-13(18)9-20-17(12)16/h5-10,16H,3-4H2,1-2H3. The van der Waals surface area contributed by atoms with E-state index in [1.807, 2.05) is 12.3 Å². The van der Waals surface area contributed by atoms with E-state index in [-0.39, 0.29) is 0 Å². The van der Waals surface area contributed by atoms with Crippen LogP contribution in [0.4, 0.5) is 0 Å². The summed E-state index contributed by atoms with van der Waals surface area (Å²) in [5, 5.41) is 0.825. The molecule has 20 heavy (non-hydrogen) atoms. The van der Waals surface area contributed by atoms with Gasteiger partial charge in [-0.25, -0.2) is 0 Å². The van der Waals surface area contributed by atoms with Crippen LogP contribution in [0.25, 0.3) is 0 Å². The molecule has 104 valence electrons. The summed E-state index contributed by atoms with van der Waals surface area (Å²) in [5.41, 5.74) is 5.33. The molecule has 0 bridgehead atoms. The van der Waals surface area contributed by atoms with Crippen molar-refractivity contribution in [3.8, 4) is 0 Å². The summed E-state index contributed by atoms with van der Waals surface area (Å²) in [7, 11) is 0. The van der Waals surface area contributed by atoms with Crippen LogP contribution >= 0.6 is 27.5 Å². The monoisotopic (exact) mass is 349 g/mol. The molecule has 0 N–H and O–H groups in total. The number of hydrogen-bond donors (Lipinski definition) is 0. The average Bonchev–Trinajstić information content (AvgIpc) is 2.55. The van der Waals surface area contributed by atoms with Crippen molar-refractivity contribution in [2.24, 2.45) is 5.92 Å². The van der Waals surface area contributed by atoms with Gasteiger partial charge in [-0.1, -0.05) is 31.5 Å². The van der Waals surface area contributed by atoms with Gasteiger partial charge in [-0.2, -0.15) is 0 Å². The van der Waals surface area contributed by atoms with Crippen molar-refractivity contribution in [1.29, 1.82) is 0 Å². The summed E-state index contributed by atoms with van der Waals surface area (Å²) in [6.45, 7) is 4.53. The van der Waals surface area contributed by atoms with Crippen LogP contribution in [0, 0.1) is 5.92 Å². The number of fused-ring (bicyclic) bond motifs is 2. The van der Waals surface area contributed by atoms with E-state index in [0.717, 1.165) is 22.3 Å². The number of pyridine rings is 1. The molecule has 1 aromatic carbocycles. The molecule has 0 radical (unpaired) electrons. The van der Waals surface area contributed by atoms with Gasteiger partial charge in [0.05, 0.1) is 5.69 Å². The van der Waals surface area contributed by atoms with Gasteiger partial charge in [0.25, 0.3) is 0 Å². The van der Waals surface area contributed by atoms with Crippen molar-refractivity contribution < 1.29 is 0 Å². The SMILES string of the molecule is CC(C)C1c2ccc(Cl)cc2CCc2cc(Br)cnc21. The summed E-state index contributed by atoms with van der Waals surface area (Å²) in [5.74, 6) is 0.869. The van der Waals surface area contributed by atoms with Crippen molar-refractivity contribution in [2.75, 3.05) is 0 Å². The molecule has 3 heteroatoms. The maximum Gasteiger partial charge on any atom is 0.0513 e. The van der Waals surface area contributed by atoms with Gasteiger partial charge in [-0.3, -0.25) is 4.98 Å². The molecular weight excluding hydrogens is 334 g/mol. The molecular formula is C17H17BrClN. The molecule has 0 fully saturated rings. The van der Waals surface area contributed by atoms with Crippen LogP contribution in [-0.2, 0) is 12.8 Å². The van der Waals surface area contributed by atoms with Crippen LogP contribution < -0.4 is 0 Å². The predicted octanol–water partition coefficient (Wildman–Crippen LogP) is 5.38. The molecule has 2 aromatic rings. The van der Waals surface area contributed by atoms with Gasteiger partial charge in [0.15, 0.2) is 0 Å². The lowest BCUT2D eigenvalue weighted by atomic mass is 9.83. The van der Waals surface area contributed by atoms with Gasteiger partial charge in [0.2, 0.25) is 0 Å². The van der Waals surface area contributed by atoms with Crippen LogP contribution in [0.15, 0.2) is 34.9 Å². The Labute approximate surface area is 133 Å². The zero-order valence-corrected chi connectivity index (χ0v) is 14.0. The molecule has 0 spiro atoms. The quantitative estimate of drug-likeness (QED) is 0.672. The highest BCUT2D eigenvalue weighted by Crippen LogP contribution is 2.39. The molecule has 1 aliphatic carbocycles. The van der Waals surface area contributed by atoms with Crippen molar-refractivity contribution in [3.05, 3.63) is 62.3 Å². The second-order valence-electron chi connectivity index (χ2n) is 5.76. The molecule has 1 aliphatic rings. The third-order valence-corrected chi connectivity index (χ3v) is 4.70. The fourth-order valence-corrected chi connectivity index (χ4v) is 3.73. The van der Waals surface area contributed by atoms with Gasteiger partial charge >= 0.3 is 0 Å². The van der Waals surface area contributed by atoms with E-state index >= 15 is 0 Å². The number of nitrogens with zero attached hydrogens (tertiary/aromatic N) is 1. The summed E-state index contributed by atoms with van der Waals surface area (Å²) >= 11 is 9.71. The van der Waals surface area contributed by atoms with E-state index < -0.39 is 0 Å². The minimum absolute atomic E-state index is 0.355. The summed E-state index contributed by atoms with van der Waals surface area (Å²) < 4.78 is 1.06. The van der Waals surface area contributed by atoms with Crippen molar-refractivity contribution in [3.63, 3.8) is 0 Å². The lowest BCUT2D eigenvalue weighted by molar-refractivity contribution is 0.550. The Bertz CT molecular complexity index is 598. The van der Waals surface area contributed by atoms with E-state index in [9.17, 15) is 0 Å². The lowest BCUT2D eigenvalue weighted by Gasteiger charge is -2.23. The number of aryl methyl sites for hydroxylation is 2. The molecule has 0 aliphatic heterocycles. The molecule has 3 rings (SSSR count). The van der Waals surface area contributed by atoms with Crippen molar-refractivity contribution in [1.82, 2.24) is 4.98 Å². The summed E-state index contributed by atoms with van der Waals surface area (Å²) in [4.78, 5) is 4.72. The van der Waals surface area contributed by atoms with Crippen LogP contribution in [-0.4, -0.2) is 4.98 Å². The highest BCUT2D eigenvalue weighted by molar-refractivity contribution is 9.10. The largest absolute Gasteiger partial charge is 0.259 e. The number of hydrogen-bond acceptors (Lipinski definition) is 1. The van der Waals surface area contributed by atoms with Gasteiger partial charge < -0.3 is 0 Å². The molecule has 1 aromatic heterocycles. The molecule has 1 unspecified atom stereocenters. The van der Waals surface area contributed by atoms with E-state index in [1.165, 1.54) is 22.4 Å². The van der Waals surface area contributed by atoms with Crippen LogP contribution in [0.3, 0.4) is 0 Å². The predicted molar refractivity (Wildman–Crippen MR) is 87.5 cm³/mol. The molecule has 1 heterocycles. The zero-order valence-electron chi connectivity index (χ0n) is 11.7. The number of aromatic nitrogens is 1. The van der Waals surface area contributed by atoms with Gasteiger partial charge in [0, 0.05) is 21.6 Å². The Hall–Kier alpha value is -0.860. The van der Waals surface area contributed by atoms with Crippen LogP contribution in [0.5, 0.6) is 0 Å². The first-order valence-corrected chi connectivity index (χ1v) is 8.16. The van der Waals surface area contributed by atoms with E-state index in [2.05, 4.69) is 48.0 Å². The minimum atomic E-state index is 0.355. The first-order valence-electron chi connectivity index (χ1n) is 6.99.